The molecule has 47 heavy (non-hydrogen) atoms. The van der Waals surface area contributed by atoms with Crippen LogP contribution in [0.3, 0.4) is 0 Å². The van der Waals surface area contributed by atoms with Gasteiger partial charge in [0.25, 0.3) is 0 Å². The van der Waals surface area contributed by atoms with Crippen LogP contribution in [0.4, 0.5) is 0 Å². The largest absolute Gasteiger partial charge is 0.309 e. The second-order valence-electron chi connectivity index (χ2n) is 12.0. The Bertz CT molecular complexity index is 2780. The monoisotopic (exact) mass is 600 g/mol. The molecule has 7 aromatic carbocycles. The van der Waals surface area contributed by atoms with Crippen molar-refractivity contribution in [3.63, 3.8) is 0 Å². The Labute approximate surface area is 271 Å². The van der Waals surface area contributed by atoms with Crippen molar-refractivity contribution in [3.8, 4) is 28.5 Å². The Morgan fingerprint density at radius 3 is 1.72 bits per heavy atom. The summed E-state index contributed by atoms with van der Waals surface area (Å²) in [6.45, 7) is 0. The molecular formula is C43H28N4. The van der Waals surface area contributed by atoms with Crippen LogP contribution in [0, 0.1) is 0 Å². The van der Waals surface area contributed by atoms with Crippen molar-refractivity contribution in [2.75, 3.05) is 0 Å². The second kappa shape index (κ2) is 10.1. The van der Waals surface area contributed by atoms with E-state index in [-0.39, 0.29) is 0 Å². The molecule has 0 bridgehead atoms. The van der Waals surface area contributed by atoms with Crippen LogP contribution in [0.25, 0.3) is 83.1 Å². The van der Waals surface area contributed by atoms with E-state index in [9.17, 15) is 0 Å². The Kier molecular flexibility index (Phi) is 5.54. The van der Waals surface area contributed by atoms with Gasteiger partial charge < -0.3 is 9.13 Å². The summed E-state index contributed by atoms with van der Waals surface area (Å²) in [5.74, 6) is 0.923. The van der Waals surface area contributed by atoms with Gasteiger partial charge in [-0.05, 0) is 66.7 Å². The highest BCUT2D eigenvalue weighted by Gasteiger charge is 2.21. The first-order valence-electron chi connectivity index (χ1n) is 16.0. The molecule has 4 nitrogen and oxygen atoms in total. The molecule has 0 amide bonds. The Hall–Kier alpha value is -6.39. The van der Waals surface area contributed by atoms with Crippen molar-refractivity contribution in [1.29, 1.82) is 0 Å². The number of hydrogen-bond acceptors (Lipinski definition) is 1. The van der Waals surface area contributed by atoms with Gasteiger partial charge in [-0.15, -0.1) is 0 Å². The molecule has 3 heterocycles. The first-order chi connectivity index (χ1) is 23.3. The second-order valence-corrected chi connectivity index (χ2v) is 12.0. The molecule has 0 N–H and O–H groups in total. The average Bonchev–Trinajstić information content (AvgIpc) is 3.80. The number of fused-ring (bicyclic) bond motifs is 8. The lowest BCUT2D eigenvalue weighted by atomic mass is 10.1. The fourth-order valence-electron chi connectivity index (χ4n) is 7.47. The lowest BCUT2D eigenvalue weighted by Gasteiger charge is -2.13. The molecular weight excluding hydrogens is 573 g/mol. The van der Waals surface area contributed by atoms with Gasteiger partial charge in [-0.2, -0.15) is 0 Å². The zero-order valence-corrected chi connectivity index (χ0v) is 25.5. The van der Waals surface area contributed by atoms with E-state index >= 15 is 0 Å². The summed E-state index contributed by atoms with van der Waals surface area (Å²) in [5, 5.41) is 4.99. The van der Waals surface area contributed by atoms with E-state index in [4.69, 9.17) is 4.98 Å². The summed E-state index contributed by atoms with van der Waals surface area (Å²) in [7, 11) is 0. The molecule has 0 saturated carbocycles. The summed E-state index contributed by atoms with van der Waals surface area (Å²) in [6, 6.07) is 60.5. The molecule has 3 aromatic heterocycles. The van der Waals surface area contributed by atoms with Gasteiger partial charge in [0.1, 0.15) is 5.82 Å². The summed E-state index contributed by atoms with van der Waals surface area (Å²) in [4.78, 5) is 5.17. The van der Waals surface area contributed by atoms with Crippen LogP contribution in [0.2, 0.25) is 0 Å². The fourth-order valence-corrected chi connectivity index (χ4v) is 7.47. The van der Waals surface area contributed by atoms with Gasteiger partial charge in [-0.3, -0.25) is 4.57 Å². The molecule has 0 spiro atoms. The van der Waals surface area contributed by atoms with E-state index < -0.39 is 0 Å². The Morgan fingerprint density at radius 2 is 0.957 bits per heavy atom. The van der Waals surface area contributed by atoms with Crippen molar-refractivity contribution in [1.82, 2.24) is 18.7 Å². The number of aromatic nitrogens is 4. The fraction of sp³-hybridized carbons (Fsp3) is 0. The first-order valence-corrected chi connectivity index (χ1v) is 16.0. The van der Waals surface area contributed by atoms with Crippen LogP contribution < -0.4 is 0 Å². The third kappa shape index (κ3) is 3.79. The maximum absolute atomic E-state index is 5.17. The van der Waals surface area contributed by atoms with Gasteiger partial charge in [0, 0.05) is 44.2 Å². The topological polar surface area (TPSA) is 27.7 Å². The SMILES string of the molecule is c1ccc(-n2c(-c3cccc(-n4c5ccccc5c5c4ccc4c6ccccc6n(-c6ccccc6)c45)c3)nc3ccccc32)cc1. The molecule has 220 valence electrons. The highest BCUT2D eigenvalue weighted by atomic mass is 15.1. The minimum absolute atomic E-state index is 0.923. The zero-order chi connectivity index (χ0) is 30.9. The van der Waals surface area contributed by atoms with E-state index in [0.29, 0.717) is 0 Å². The lowest BCUT2D eigenvalue weighted by molar-refractivity contribution is 1.10. The molecule has 0 fully saturated rings. The highest BCUT2D eigenvalue weighted by molar-refractivity contribution is 6.26. The van der Waals surface area contributed by atoms with Crippen LogP contribution in [0.15, 0.2) is 170 Å². The minimum atomic E-state index is 0.923. The van der Waals surface area contributed by atoms with E-state index in [1.165, 1.54) is 43.6 Å². The average molecular weight is 601 g/mol. The van der Waals surface area contributed by atoms with Crippen molar-refractivity contribution >= 4 is 54.6 Å². The molecule has 0 aliphatic carbocycles. The van der Waals surface area contributed by atoms with Gasteiger partial charge in [0.05, 0.1) is 33.1 Å². The van der Waals surface area contributed by atoms with Crippen LogP contribution in [-0.4, -0.2) is 18.7 Å². The third-order valence-corrected chi connectivity index (χ3v) is 9.42. The van der Waals surface area contributed by atoms with E-state index in [1.54, 1.807) is 0 Å². The highest BCUT2D eigenvalue weighted by Crippen LogP contribution is 2.42. The normalized spacial score (nSPS) is 11.8. The smallest absolute Gasteiger partial charge is 0.145 e. The number of para-hydroxylation sites is 6. The van der Waals surface area contributed by atoms with Crippen LogP contribution >= 0.6 is 0 Å². The molecule has 0 aliphatic heterocycles. The van der Waals surface area contributed by atoms with Crippen LogP contribution in [0.5, 0.6) is 0 Å². The van der Waals surface area contributed by atoms with E-state index in [2.05, 4.69) is 184 Å². The molecule has 10 aromatic rings. The maximum atomic E-state index is 5.17. The number of benzene rings is 7. The predicted molar refractivity (Wildman–Crippen MR) is 195 cm³/mol. The predicted octanol–water partition coefficient (Wildman–Crippen LogP) is 10.9. The van der Waals surface area contributed by atoms with Gasteiger partial charge in [0.15, 0.2) is 0 Å². The molecule has 0 unspecified atom stereocenters. The molecule has 0 saturated heterocycles. The number of imidazole rings is 1. The quantitative estimate of drug-likeness (QED) is 0.197. The van der Waals surface area contributed by atoms with E-state index in [1.807, 2.05) is 0 Å². The van der Waals surface area contributed by atoms with Crippen molar-refractivity contribution in [3.05, 3.63) is 170 Å². The summed E-state index contributed by atoms with van der Waals surface area (Å²) in [6.07, 6.45) is 0. The molecule has 0 aliphatic rings. The number of nitrogens with zero attached hydrogens (tertiary/aromatic N) is 4. The minimum Gasteiger partial charge on any atom is -0.309 e. The molecule has 0 atom stereocenters. The molecule has 4 heteroatoms. The summed E-state index contributed by atoms with van der Waals surface area (Å²) < 4.78 is 7.11. The first kappa shape index (κ1) is 25.9. The molecule has 10 rings (SSSR count). The third-order valence-electron chi connectivity index (χ3n) is 9.42. The number of hydrogen-bond donors (Lipinski definition) is 0. The van der Waals surface area contributed by atoms with Crippen LogP contribution in [0.1, 0.15) is 0 Å². The van der Waals surface area contributed by atoms with E-state index in [0.717, 1.165) is 39.5 Å². The van der Waals surface area contributed by atoms with Crippen LogP contribution in [-0.2, 0) is 0 Å². The van der Waals surface area contributed by atoms with Gasteiger partial charge in [0.2, 0.25) is 0 Å². The van der Waals surface area contributed by atoms with Gasteiger partial charge in [-0.25, -0.2) is 4.98 Å². The van der Waals surface area contributed by atoms with Crippen molar-refractivity contribution in [2.45, 2.75) is 0 Å². The molecule has 0 radical (unpaired) electrons. The van der Waals surface area contributed by atoms with Crippen molar-refractivity contribution < 1.29 is 0 Å². The number of rotatable bonds is 4. The summed E-state index contributed by atoms with van der Waals surface area (Å²) >= 11 is 0. The Balaban J connectivity index is 1.28. The van der Waals surface area contributed by atoms with Gasteiger partial charge >= 0.3 is 0 Å². The Morgan fingerprint density at radius 1 is 0.362 bits per heavy atom. The lowest BCUT2D eigenvalue weighted by Crippen LogP contribution is -1.99. The zero-order valence-electron chi connectivity index (χ0n) is 25.5. The maximum Gasteiger partial charge on any atom is 0.145 e. The van der Waals surface area contributed by atoms with Crippen molar-refractivity contribution in [2.24, 2.45) is 0 Å². The van der Waals surface area contributed by atoms with Gasteiger partial charge in [-0.1, -0.05) is 103 Å². The summed E-state index contributed by atoms with van der Waals surface area (Å²) in [5.41, 5.74) is 11.3. The standard InChI is InChI=1S/C43H28N4/c1-3-15-30(16-4-1)46-37-23-10-7-20-33(37)34-26-27-40-41(42(34)46)35-21-8-11-24-38(35)45(40)32-19-13-14-29(28-32)43-44-36-22-9-12-25-39(36)47(43)31-17-5-2-6-18-31/h1-28H.